The highest BCUT2D eigenvalue weighted by Gasteiger charge is 2.21. The lowest BCUT2D eigenvalue weighted by atomic mass is 9.95. The minimum atomic E-state index is -0.815. The zero-order valence-electron chi connectivity index (χ0n) is 10.8. The molecular formula is C17H16OS. The molecule has 1 N–H and O–H groups in total. The highest BCUT2D eigenvalue weighted by Crippen LogP contribution is 2.26. The SMILES string of the molecule is C[C@@](O)(C/C=C/C#Cc1ccccc1)c1ccsc1. The predicted octanol–water partition coefficient (Wildman–Crippen LogP) is 3.95. The van der Waals surface area contributed by atoms with Crippen LogP contribution in [-0.2, 0) is 5.60 Å². The molecule has 0 saturated heterocycles. The maximum atomic E-state index is 10.3. The Morgan fingerprint density at radius 3 is 2.74 bits per heavy atom. The summed E-state index contributed by atoms with van der Waals surface area (Å²) in [6, 6.07) is 11.8. The fourth-order valence-electron chi connectivity index (χ4n) is 1.68. The molecule has 0 radical (unpaired) electrons. The third kappa shape index (κ3) is 4.10. The second-order valence-electron chi connectivity index (χ2n) is 4.53. The van der Waals surface area contributed by atoms with Gasteiger partial charge in [0.1, 0.15) is 0 Å². The van der Waals surface area contributed by atoms with E-state index < -0.39 is 5.60 Å². The molecule has 96 valence electrons. The summed E-state index contributed by atoms with van der Waals surface area (Å²) in [5, 5.41) is 14.2. The summed E-state index contributed by atoms with van der Waals surface area (Å²) < 4.78 is 0. The quantitative estimate of drug-likeness (QED) is 0.836. The standard InChI is InChI=1S/C17H16OS/c1-17(18,16-11-13-19-14-16)12-7-3-6-10-15-8-4-2-5-9-15/h2-5,7-9,11,13-14,18H,12H2,1H3/b7-3+/t17-/m1/s1. The van der Waals surface area contributed by atoms with Gasteiger partial charge in [-0.2, -0.15) is 11.3 Å². The fourth-order valence-corrected chi connectivity index (χ4v) is 2.47. The summed E-state index contributed by atoms with van der Waals surface area (Å²) in [6.07, 6.45) is 4.27. The summed E-state index contributed by atoms with van der Waals surface area (Å²) in [4.78, 5) is 0. The van der Waals surface area contributed by atoms with Crippen LogP contribution in [0.4, 0.5) is 0 Å². The molecule has 2 aromatic rings. The van der Waals surface area contributed by atoms with Crippen molar-refractivity contribution >= 4 is 11.3 Å². The summed E-state index contributed by atoms with van der Waals surface area (Å²) in [5.74, 6) is 6.03. The Labute approximate surface area is 118 Å². The second-order valence-corrected chi connectivity index (χ2v) is 5.31. The predicted molar refractivity (Wildman–Crippen MR) is 81.0 cm³/mol. The van der Waals surface area contributed by atoms with Crippen molar-refractivity contribution in [2.45, 2.75) is 18.9 Å². The first-order valence-electron chi connectivity index (χ1n) is 6.15. The molecule has 0 aliphatic carbocycles. The monoisotopic (exact) mass is 268 g/mol. The minimum absolute atomic E-state index is 0.563. The van der Waals surface area contributed by atoms with Crippen LogP contribution in [-0.4, -0.2) is 5.11 Å². The average Bonchev–Trinajstić information content (AvgIpc) is 2.94. The zero-order valence-corrected chi connectivity index (χ0v) is 11.7. The molecule has 0 saturated carbocycles. The number of benzene rings is 1. The van der Waals surface area contributed by atoms with Crippen LogP contribution < -0.4 is 0 Å². The van der Waals surface area contributed by atoms with Gasteiger partial charge < -0.3 is 5.11 Å². The van der Waals surface area contributed by atoms with Crippen LogP contribution in [0.2, 0.25) is 0 Å². The number of aliphatic hydroxyl groups is 1. The van der Waals surface area contributed by atoms with E-state index in [0.717, 1.165) is 11.1 Å². The molecule has 0 aliphatic heterocycles. The van der Waals surface area contributed by atoms with Crippen molar-refractivity contribution < 1.29 is 5.11 Å². The molecule has 0 bridgehead atoms. The van der Waals surface area contributed by atoms with Gasteiger partial charge in [0.2, 0.25) is 0 Å². The van der Waals surface area contributed by atoms with Crippen LogP contribution in [0.3, 0.4) is 0 Å². The topological polar surface area (TPSA) is 20.2 Å². The first kappa shape index (κ1) is 13.6. The lowest BCUT2D eigenvalue weighted by Gasteiger charge is -2.19. The van der Waals surface area contributed by atoms with Crippen LogP contribution >= 0.6 is 11.3 Å². The summed E-state index contributed by atoms with van der Waals surface area (Å²) >= 11 is 1.60. The Kier molecular flexibility index (Phi) is 4.57. The summed E-state index contributed by atoms with van der Waals surface area (Å²) in [5.41, 5.74) is 1.14. The molecule has 0 aliphatic rings. The van der Waals surface area contributed by atoms with Gasteiger partial charge in [0, 0.05) is 5.56 Å². The zero-order chi connectivity index (χ0) is 13.6. The van der Waals surface area contributed by atoms with E-state index in [1.807, 2.05) is 60.2 Å². The maximum absolute atomic E-state index is 10.3. The highest BCUT2D eigenvalue weighted by molar-refractivity contribution is 7.08. The first-order valence-corrected chi connectivity index (χ1v) is 7.09. The number of allylic oxidation sites excluding steroid dienone is 1. The Hall–Kier alpha value is -1.82. The third-order valence-electron chi connectivity index (χ3n) is 2.85. The first-order chi connectivity index (χ1) is 9.18. The molecule has 1 heterocycles. The van der Waals surface area contributed by atoms with Crippen molar-refractivity contribution in [2.75, 3.05) is 0 Å². The smallest absolute Gasteiger partial charge is 0.0911 e. The molecule has 0 unspecified atom stereocenters. The van der Waals surface area contributed by atoms with Gasteiger partial charge in [0.15, 0.2) is 0 Å². The number of hydrogen-bond donors (Lipinski definition) is 1. The van der Waals surface area contributed by atoms with Gasteiger partial charge in [0.25, 0.3) is 0 Å². The Morgan fingerprint density at radius 1 is 1.26 bits per heavy atom. The molecule has 1 nitrogen and oxygen atoms in total. The van der Waals surface area contributed by atoms with Gasteiger partial charge in [-0.1, -0.05) is 36.1 Å². The van der Waals surface area contributed by atoms with Gasteiger partial charge >= 0.3 is 0 Å². The van der Waals surface area contributed by atoms with E-state index in [0.29, 0.717) is 6.42 Å². The molecule has 19 heavy (non-hydrogen) atoms. The molecule has 0 amide bonds. The van der Waals surface area contributed by atoms with E-state index in [2.05, 4.69) is 11.8 Å². The number of thiophene rings is 1. The Bertz CT molecular complexity index is 583. The van der Waals surface area contributed by atoms with Crippen molar-refractivity contribution in [1.29, 1.82) is 0 Å². The Morgan fingerprint density at radius 2 is 2.05 bits per heavy atom. The summed E-state index contributed by atoms with van der Waals surface area (Å²) in [7, 11) is 0. The molecular weight excluding hydrogens is 252 g/mol. The minimum Gasteiger partial charge on any atom is -0.385 e. The van der Waals surface area contributed by atoms with E-state index in [9.17, 15) is 5.11 Å². The number of rotatable bonds is 3. The molecule has 0 fully saturated rings. The molecule has 0 spiro atoms. The molecule has 1 aromatic carbocycles. The average molecular weight is 268 g/mol. The van der Waals surface area contributed by atoms with Crippen molar-refractivity contribution in [3.05, 3.63) is 70.4 Å². The lowest BCUT2D eigenvalue weighted by molar-refractivity contribution is 0.0610. The van der Waals surface area contributed by atoms with Crippen molar-refractivity contribution in [2.24, 2.45) is 0 Å². The Balaban J connectivity index is 1.93. The van der Waals surface area contributed by atoms with Crippen LogP contribution in [0.5, 0.6) is 0 Å². The molecule has 1 atom stereocenters. The largest absolute Gasteiger partial charge is 0.385 e. The molecule has 2 heteroatoms. The van der Waals surface area contributed by atoms with Gasteiger partial charge in [-0.15, -0.1) is 0 Å². The van der Waals surface area contributed by atoms with Crippen LogP contribution in [0.1, 0.15) is 24.5 Å². The van der Waals surface area contributed by atoms with E-state index >= 15 is 0 Å². The van der Waals surface area contributed by atoms with Crippen LogP contribution in [0.25, 0.3) is 0 Å². The van der Waals surface area contributed by atoms with Crippen molar-refractivity contribution in [1.82, 2.24) is 0 Å². The van der Waals surface area contributed by atoms with Crippen LogP contribution in [0, 0.1) is 11.8 Å². The van der Waals surface area contributed by atoms with Gasteiger partial charge in [-0.3, -0.25) is 0 Å². The molecule has 2 rings (SSSR count). The molecule has 1 aromatic heterocycles. The van der Waals surface area contributed by atoms with E-state index in [-0.39, 0.29) is 0 Å². The van der Waals surface area contributed by atoms with Crippen molar-refractivity contribution in [3.8, 4) is 11.8 Å². The van der Waals surface area contributed by atoms with Crippen molar-refractivity contribution in [3.63, 3.8) is 0 Å². The number of hydrogen-bond acceptors (Lipinski definition) is 2. The van der Waals surface area contributed by atoms with Gasteiger partial charge in [-0.25, -0.2) is 0 Å². The van der Waals surface area contributed by atoms with E-state index in [1.54, 1.807) is 17.4 Å². The van der Waals surface area contributed by atoms with Gasteiger partial charge in [-0.05, 0) is 53.9 Å². The normalized spacial score (nSPS) is 13.8. The summed E-state index contributed by atoms with van der Waals surface area (Å²) in [6.45, 7) is 1.82. The second kappa shape index (κ2) is 6.38. The van der Waals surface area contributed by atoms with Gasteiger partial charge in [0.05, 0.1) is 5.60 Å². The van der Waals surface area contributed by atoms with Crippen LogP contribution in [0.15, 0.2) is 59.3 Å². The third-order valence-corrected chi connectivity index (χ3v) is 3.53. The van der Waals surface area contributed by atoms with E-state index in [1.165, 1.54) is 0 Å². The fraction of sp³-hybridized carbons (Fsp3) is 0.176. The lowest BCUT2D eigenvalue weighted by Crippen LogP contribution is -2.18. The maximum Gasteiger partial charge on any atom is 0.0911 e. The highest BCUT2D eigenvalue weighted by atomic mass is 32.1. The van der Waals surface area contributed by atoms with E-state index in [4.69, 9.17) is 0 Å².